The lowest BCUT2D eigenvalue weighted by molar-refractivity contribution is 0.0785. The molecule has 8 heteroatoms. The fraction of sp³-hybridized carbons (Fsp3) is 0.286. The lowest BCUT2D eigenvalue weighted by Crippen LogP contribution is -2.47. The molecule has 1 saturated heterocycles. The van der Waals surface area contributed by atoms with Crippen molar-refractivity contribution < 1.29 is 9.59 Å². The van der Waals surface area contributed by atoms with E-state index in [1.54, 1.807) is 24.1 Å². The number of aromatic nitrogens is 1. The Morgan fingerprint density at radius 2 is 1.65 bits per heavy atom. The maximum absolute atomic E-state index is 13.5. The Hall–Kier alpha value is -4.85. The lowest BCUT2D eigenvalue weighted by Gasteiger charge is -2.44. The summed E-state index contributed by atoms with van der Waals surface area (Å²) in [4.78, 5) is 43.3. The monoisotopic (exact) mass is 575 g/mol. The van der Waals surface area contributed by atoms with E-state index in [1.165, 1.54) is 5.56 Å². The molecule has 2 bridgehead atoms. The van der Waals surface area contributed by atoms with Gasteiger partial charge in [-0.1, -0.05) is 55.5 Å². The van der Waals surface area contributed by atoms with Crippen LogP contribution in [0.15, 0.2) is 95.8 Å². The molecule has 2 aliphatic rings. The average Bonchev–Trinajstić information content (AvgIpc) is 3.02. The Labute approximate surface area is 252 Å². The van der Waals surface area contributed by atoms with Crippen LogP contribution >= 0.6 is 0 Å². The summed E-state index contributed by atoms with van der Waals surface area (Å²) in [5, 5.41) is 5.98. The molecule has 2 N–H and O–H groups in total. The van der Waals surface area contributed by atoms with Gasteiger partial charge in [0.15, 0.2) is 0 Å². The maximum Gasteiger partial charge on any atom is 0.323 e. The van der Waals surface area contributed by atoms with E-state index >= 15 is 0 Å². The number of anilines is 3. The number of nitrogens with one attached hydrogen (secondary N) is 2. The third-order valence-electron chi connectivity index (χ3n) is 8.54. The van der Waals surface area contributed by atoms with Gasteiger partial charge < -0.3 is 25.0 Å². The Morgan fingerprint density at radius 1 is 0.860 bits per heavy atom. The highest BCUT2D eigenvalue weighted by Crippen LogP contribution is 2.39. The van der Waals surface area contributed by atoms with Crippen LogP contribution in [0.5, 0.6) is 0 Å². The van der Waals surface area contributed by atoms with Crippen LogP contribution in [0.3, 0.4) is 0 Å². The number of fused-ring (bicyclic) bond motifs is 4. The number of aryl methyl sites for hydroxylation is 1. The minimum atomic E-state index is -0.373. The van der Waals surface area contributed by atoms with Crippen molar-refractivity contribution >= 4 is 29.0 Å². The second-order valence-electron chi connectivity index (χ2n) is 11.6. The highest BCUT2D eigenvalue weighted by Gasteiger charge is 2.35. The van der Waals surface area contributed by atoms with E-state index in [9.17, 15) is 14.4 Å². The summed E-state index contributed by atoms with van der Waals surface area (Å²) in [6, 6.07) is 28.4. The van der Waals surface area contributed by atoms with E-state index in [2.05, 4.69) is 22.5 Å². The van der Waals surface area contributed by atoms with Crippen molar-refractivity contribution in [3.05, 3.63) is 124 Å². The third-order valence-corrected chi connectivity index (χ3v) is 8.54. The van der Waals surface area contributed by atoms with Gasteiger partial charge >= 0.3 is 6.03 Å². The molecule has 8 nitrogen and oxygen atoms in total. The molecule has 3 amide bonds. The zero-order chi connectivity index (χ0) is 29.9. The van der Waals surface area contributed by atoms with Gasteiger partial charge in [-0.3, -0.25) is 9.59 Å². The smallest absolute Gasteiger partial charge is 0.323 e. The van der Waals surface area contributed by atoms with Gasteiger partial charge in [-0.2, -0.15) is 0 Å². The number of hydrogen-bond donors (Lipinski definition) is 2. The first-order valence-corrected chi connectivity index (χ1v) is 14.9. The third kappa shape index (κ3) is 6.18. The number of nitrogens with zero attached hydrogens (tertiary/aromatic N) is 3. The van der Waals surface area contributed by atoms with Crippen molar-refractivity contribution in [2.24, 2.45) is 5.92 Å². The number of urea groups is 1. The van der Waals surface area contributed by atoms with Crippen LogP contribution < -0.4 is 21.1 Å². The first kappa shape index (κ1) is 28.3. The fourth-order valence-electron chi connectivity index (χ4n) is 6.40. The van der Waals surface area contributed by atoms with Crippen LogP contribution in [-0.2, 0) is 19.5 Å². The molecule has 0 spiro atoms. The highest BCUT2D eigenvalue weighted by molar-refractivity contribution is 6.04. The maximum atomic E-state index is 13.5. The number of hydrogen-bond acceptors (Lipinski definition) is 4. The molecule has 4 aromatic rings. The zero-order valence-corrected chi connectivity index (χ0v) is 24.6. The number of amides is 3. The van der Waals surface area contributed by atoms with E-state index in [0.29, 0.717) is 35.9 Å². The van der Waals surface area contributed by atoms with Crippen LogP contribution in [0.2, 0.25) is 0 Å². The van der Waals surface area contributed by atoms with Crippen LogP contribution in [0, 0.1) is 5.92 Å². The van der Waals surface area contributed by atoms with E-state index in [1.807, 2.05) is 83.4 Å². The molecule has 3 heterocycles. The largest absolute Gasteiger partial charge is 0.369 e. The van der Waals surface area contributed by atoms with Crippen molar-refractivity contribution in [1.29, 1.82) is 0 Å². The standard InChI is InChI=1S/C35H37N5O3/c1-3-24-12-15-29(16-13-24)36-35(43)37-30-19-27(34(42)38(2)20-25-8-5-4-6-9-25)14-17-32(30)39-21-26-18-28(23-39)31-10-7-11-33(41)40(31)22-26/h4-17,19,26,28H,3,18,20-23H2,1-2H3,(H2,36,37,43). The number of rotatable bonds is 7. The van der Waals surface area contributed by atoms with E-state index < -0.39 is 0 Å². The predicted molar refractivity (Wildman–Crippen MR) is 171 cm³/mol. The molecule has 2 aliphatic heterocycles. The summed E-state index contributed by atoms with van der Waals surface area (Å²) >= 11 is 0. The van der Waals surface area contributed by atoms with Gasteiger partial charge in [-0.25, -0.2) is 4.79 Å². The summed E-state index contributed by atoms with van der Waals surface area (Å²) in [7, 11) is 1.79. The van der Waals surface area contributed by atoms with Gasteiger partial charge in [-0.05, 0) is 66.3 Å². The van der Waals surface area contributed by atoms with E-state index in [-0.39, 0.29) is 23.4 Å². The van der Waals surface area contributed by atoms with E-state index in [4.69, 9.17) is 0 Å². The van der Waals surface area contributed by atoms with Crippen molar-refractivity contribution in [3.63, 3.8) is 0 Å². The molecule has 2 atom stereocenters. The molecule has 43 heavy (non-hydrogen) atoms. The lowest BCUT2D eigenvalue weighted by atomic mass is 9.83. The summed E-state index contributed by atoms with van der Waals surface area (Å²) in [6.07, 6.45) is 1.95. The molecular formula is C35H37N5O3. The summed E-state index contributed by atoms with van der Waals surface area (Å²) in [6.45, 7) is 4.73. The highest BCUT2D eigenvalue weighted by atomic mass is 16.2. The Balaban J connectivity index is 1.28. The molecule has 3 aromatic carbocycles. The van der Waals surface area contributed by atoms with Crippen LogP contribution in [0.1, 0.15) is 46.4 Å². The molecule has 0 saturated carbocycles. The Kier molecular flexibility index (Phi) is 8.01. The molecular weight excluding hydrogens is 538 g/mol. The fourth-order valence-corrected chi connectivity index (χ4v) is 6.40. The van der Waals surface area contributed by atoms with Crippen molar-refractivity contribution in [2.45, 2.75) is 38.8 Å². The minimum absolute atomic E-state index is 0.0501. The van der Waals surface area contributed by atoms with Gasteiger partial charge in [-0.15, -0.1) is 0 Å². The Morgan fingerprint density at radius 3 is 2.42 bits per heavy atom. The second-order valence-corrected chi connectivity index (χ2v) is 11.6. The van der Waals surface area contributed by atoms with Gasteiger partial charge in [0.1, 0.15) is 0 Å². The molecule has 1 aromatic heterocycles. The molecule has 2 unspecified atom stereocenters. The topological polar surface area (TPSA) is 86.7 Å². The average molecular weight is 576 g/mol. The van der Waals surface area contributed by atoms with Crippen molar-refractivity contribution in [1.82, 2.24) is 9.47 Å². The predicted octanol–water partition coefficient (Wildman–Crippen LogP) is 5.95. The quantitative estimate of drug-likeness (QED) is 0.285. The van der Waals surface area contributed by atoms with Gasteiger partial charge in [0.05, 0.1) is 11.4 Å². The molecule has 1 fully saturated rings. The molecule has 6 rings (SSSR count). The summed E-state index contributed by atoms with van der Waals surface area (Å²) in [5.41, 5.74) is 5.98. The number of benzene rings is 3. The van der Waals surface area contributed by atoms with Gasteiger partial charge in [0, 0.05) is 62.2 Å². The first-order valence-electron chi connectivity index (χ1n) is 14.9. The zero-order valence-electron chi connectivity index (χ0n) is 24.6. The normalized spacial score (nSPS) is 17.1. The first-order chi connectivity index (χ1) is 20.9. The van der Waals surface area contributed by atoms with Gasteiger partial charge in [0.2, 0.25) is 0 Å². The number of carbonyl (C=O) groups excluding carboxylic acids is 2. The number of carbonyl (C=O) groups is 2. The number of piperidine rings is 1. The van der Waals surface area contributed by atoms with Gasteiger partial charge in [0.25, 0.3) is 11.5 Å². The van der Waals surface area contributed by atoms with Crippen molar-refractivity contribution in [2.75, 3.05) is 35.7 Å². The van der Waals surface area contributed by atoms with Crippen LogP contribution in [0.25, 0.3) is 0 Å². The Bertz CT molecular complexity index is 1680. The summed E-state index contributed by atoms with van der Waals surface area (Å²) < 4.78 is 1.91. The molecule has 0 radical (unpaired) electrons. The van der Waals surface area contributed by atoms with Crippen LogP contribution in [0.4, 0.5) is 21.9 Å². The molecule has 220 valence electrons. The minimum Gasteiger partial charge on any atom is -0.369 e. The van der Waals surface area contributed by atoms with Crippen molar-refractivity contribution in [3.8, 4) is 0 Å². The SMILES string of the molecule is CCc1ccc(NC(=O)Nc2cc(C(=O)N(C)Cc3ccccc3)ccc2N2CC3CC(C2)c2cccc(=O)n2C3)cc1. The second kappa shape index (κ2) is 12.2. The number of pyridine rings is 1. The van der Waals surface area contributed by atoms with E-state index in [0.717, 1.165) is 42.9 Å². The van der Waals surface area contributed by atoms with Crippen LogP contribution in [-0.4, -0.2) is 41.5 Å². The molecule has 0 aliphatic carbocycles. The summed E-state index contributed by atoms with van der Waals surface area (Å²) in [5.74, 6) is 0.389.